The third-order valence-electron chi connectivity index (χ3n) is 8.75. The second-order valence-corrected chi connectivity index (χ2v) is 14.5. The normalized spacial score (nSPS) is 19.2. The highest BCUT2D eigenvalue weighted by Crippen LogP contribution is 2.30. The first-order valence-corrected chi connectivity index (χ1v) is 17.4. The summed E-state index contributed by atoms with van der Waals surface area (Å²) >= 11 is 12.0. The highest BCUT2D eigenvalue weighted by molar-refractivity contribution is 7.89. The van der Waals surface area contributed by atoms with Crippen molar-refractivity contribution in [1.82, 2.24) is 34.4 Å². The van der Waals surface area contributed by atoms with Gasteiger partial charge in [-0.15, -0.1) is 0 Å². The van der Waals surface area contributed by atoms with Gasteiger partial charge >= 0.3 is 12.0 Å². The molecule has 2 aliphatic rings. The Bertz CT molecular complexity index is 1710. The number of urea groups is 1. The van der Waals surface area contributed by atoms with Crippen LogP contribution in [0, 0.1) is 12.8 Å². The van der Waals surface area contributed by atoms with Crippen molar-refractivity contribution in [3.63, 3.8) is 0 Å². The minimum absolute atomic E-state index is 0.0695. The number of aliphatic carboxylic acids is 1. The first-order chi connectivity index (χ1) is 21.9. The number of halogens is 2. The second kappa shape index (κ2) is 14.1. The number of nitrogens with one attached hydrogen (secondary N) is 2. The molecule has 0 aliphatic carbocycles. The van der Waals surface area contributed by atoms with Crippen molar-refractivity contribution in [3.05, 3.63) is 52.5 Å². The van der Waals surface area contributed by atoms with E-state index in [1.165, 1.54) is 18.2 Å². The van der Waals surface area contributed by atoms with Crippen LogP contribution in [0.4, 0.5) is 4.79 Å². The van der Waals surface area contributed by atoms with Crippen molar-refractivity contribution in [1.29, 1.82) is 0 Å². The number of carbonyl (C=O) groups excluding carboxylic acids is 2. The van der Waals surface area contributed by atoms with E-state index in [2.05, 4.69) is 25.2 Å². The zero-order valence-corrected chi connectivity index (χ0v) is 27.9. The molecule has 46 heavy (non-hydrogen) atoms. The van der Waals surface area contributed by atoms with Crippen molar-refractivity contribution >= 4 is 62.2 Å². The topological polar surface area (TPSA) is 167 Å². The maximum atomic E-state index is 13.4. The Labute approximate surface area is 277 Å². The Hall–Kier alpha value is -3.46. The summed E-state index contributed by atoms with van der Waals surface area (Å²) in [5.74, 6) is -0.864. The van der Waals surface area contributed by atoms with Gasteiger partial charge in [0.15, 0.2) is 0 Å². The van der Waals surface area contributed by atoms with E-state index in [1.807, 2.05) is 13.0 Å². The molecule has 0 radical (unpaired) electrons. The predicted molar refractivity (Wildman–Crippen MR) is 172 cm³/mol. The number of carbonyl (C=O) groups is 3. The molecule has 0 saturated carbocycles. The highest BCUT2D eigenvalue weighted by Gasteiger charge is 2.42. The molecule has 2 aromatic heterocycles. The van der Waals surface area contributed by atoms with E-state index >= 15 is 0 Å². The Morgan fingerprint density at radius 3 is 2.41 bits per heavy atom. The van der Waals surface area contributed by atoms with Crippen LogP contribution in [0.1, 0.15) is 44.9 Å². The number of fused-ring (bicyclic) bond motifs is 1. The average Bonchev–Trinajstić information content (AvgIpc) is 3.64. The molecule has 0 bridgehead atoms. The number of sulfonamides is 1. The highest BCUT2D eigenvalue weighted by atomic mass is 35.5. The van der Waals surface area contributed by atoms with Gasteiger partial charge in [0.05, 0.1) is 22.7 Å². The van der Waals surface area contributed by atoms with E-state index in [1.54, 1.807) is 24.2 Å². The second-order valence-electron chi connectivity index (χ2n) is 11.7. The lowest BCUT2D eigenvalue weighted by Gasteiger charge is -2.34. The summed E-state index contributed by atoms with van der Waals surface area (Å²) < 4.78 is 30.0. The van der Waals surface area contributed by atoms with Crippen LogP contribution in [0.25, 0.3) is 11.0 Å². The molecule has 2 fully saturated rings. The number of aryl methyl sites for hydroxylation is 1. The molecule has 3 aromatic rings. The number of aromatic nitrogens is 3. The fourth-order valence-corrected chi connectivity index (χ4v) is 8.65. The molecular formula is C30H37Cl2N7O6S. The lowest BCUT2D eigenvalue weighted by molar-refractivity contribution is -0.143. The third kappa shape index (κ3) is 7.24. The number of likely N-dealkylation sites (tertiary alicyclic amines) is 1. The molecule has 3 N–H and O–H groups in total. The van der Waals surface area contributed by atoms with Crippen LogP contribution in [-0.2, 0) is 26.2 Å². The Balaban J connectivity index is 1.20. The van der Waals surface area contributed by atoms with E-state index in [-0.39, 0.29) is 34.3 Å². The Kier molecular flexibility index (Phi) is 10.4. The smallest absolute Gasteiger partial charge is 0.328 e. The van der Waals surface area contributed by atoms with Crippen LogP contribution in [0.15, 0.2) is 41.6 Å². The van der Waals surface area contributed by atoms with Gasteiger partial charge in [0, 0.05) is 42.4 Å². The number of piperidine rings is 1. The predicted octanol–water partition coefficient (Wildman–Crippen LogP) is 3.67. The van der Waals surface area contributed by atoms with Gasteiger partial charge in [-0.05, 0) is 69.2 Å². The van der Waals surface area contributed by atoms with Gasteiger partial charge in [0.25, 0.3) is 0 Å². The minimum atomic E-state index is -4.16. The van der Waals surface area contributed by atoms with Crippen LogP contribution in [0.2, 0.25) is 10.0 Å². The number of imidazole rings is 1. The molecule has 2 saturated heterocycles. The van der Waals surface area contributed by atoms with Crippen molar-refractivity contribution in [3.8, 4) is 0 Å². The number of pyridine rings is 1. The van der Waals surface area contributed by atoms with Crippen molar-refractivity contribution in [2.75, 3.05) is 19.6 Å². The fraction of sp³-hybridized carbons (Fsp3) is 0.500. The SMILES string of the molecule is CCC(NC(=O)N1CCC(Cn2c(C)nc3cnccc32)CC1)[C@H](NC(=O)[C@@H]1CCCN1S(=O)(=O)c1cc(Cl)cc(Cl)c1)C(=O)O. The number of carboxylic acid groups (broad SMARTS) is 1. The van der Waals surface area contributed by atoms with Gasteiger partial charge in [-0.2, -0.15) is 4.31 Å². The lowest BCUT2D eigenvalue weighted by Crippen LogP contribution is -2.60. The van der Waals surface area contributed by atoms with Crippen LogP contribution in [0.3, 0.4) is 0 Å². The molecule has 2 aliphatic heterocycles. The summed E-state index contributed by atoms with van der Waals surface area (Å²) in [7, 11) is -4.16. The molecular weight excluding hydrogens is 657 g/mol. The minimum Gasteiger partial charge on any atom is -0.480 e. The largest absolute Gasteiger partial charge is 0.480 e. The molecule has 4 heterocycles. The zero-order valence-electron chi connectivity index (χ0n) is 25.5. The van der Waals surface area contributed by atoms with Gasteiger partial charge in [-0.1, -0.05) is 30.1 Å². The summed E-state index contributed by atoms with van der Waals surface area (Å²) in [6.45, 7) is 5.50. The molecule has 13 nitrogen and oxygen atoms in total. The standard InChI is InChI=1S/C30H37Cl2N7O6S/c1-3-23(35-30(43)37-11-7-19(8-12-37)17-38-18(2)34-24-16-33-9-6-25(24)38)27(29(41)42)36-28(40)26-5-4-10-39(26)46(44,45)22-14-20(31)13-21(32)15-22/h6,9,13-16,19,23,26-27H,3-5,7-8,10-12,17H2,1-2H3,(H,35,43)(H,36,40)(H,41,42)/t23?,26-,27-/m0/s1. The van der Waals surface area contributed by atoms with E-state index in [9.17, 15) is 27.9 Å². The summed E-state index contributed by atoms with van der Waals surface area (Å²) in [5.41, 5.74) is 1.86. The van der Waals surface area contributed by atoms with Gasteiger partial charge in [-0.25, -0.2) is 23.0 Å². The summed E-state index contributed by atoms with van der Waals surface area (Å²) in [5, 5.41) is 15.6. The maximum Gasteiger partial charge on any atom is 0.328 e. The molecule has 3 amide bonds. The van der Waals surface area contributed by atoms with E-state index in [4.69, 9.17) is 23.2 Å². The van der Waals surface area contributed by atoms with Crippen molar-refractivity contribution < 1.29 is 27.9 Å². The van der Waals surface area contributed by atoms with Gasteiger partial charge in [0.1, 0.15) is 23.4 Å². The number of hydrogen-bond acceptors (Lipinski definition) is 7. The number of amides is 3. The summed E-state index contributed by atoms with van der Waals surface area (Å²) in [6.07, 6.45) is 5.83. The molecule has 3 atom stereocenters. The number of nitrogens with zero attached hydrogens (tertiary/aromatic N) is 5. The molecule has 5 rings (SSSR count). The molecule has 1 aromatic carbocycles. The Morgan fingerprint density at radius 1 is 1.07 bits per heavy atom. The summed E-state index contributed by atoms with van der Waals surface area (Å²) in [4.78, 5) is 49.2. The number of carboxylic acids is 1. The van der Waals surface area contributed by atoms with Crippen LogP contribution in [-0.4, -0.2) is 92.9 Å². The first-order valence-electron chi connectivity index (χ1n) is 15.2. The number of rotatable bonds is 10. The van der Waals surface area contributed by atoms with Crippen molar-refractivity contribution in [2.24, 2.45) is 5.92 Å². The van der Waals surface area contributed by atoms with Gasteiger partial charge in [0.2, 0.25) is 15.9 Å². The molecule has 0 spiro atoms. The Morgan fingerprint density at radius 2 is 1.76 bits per heavy atom. The quantitative estimate of drug-likeness (QED) is 0.289. The lowest BCUT2D eigenvalue weighted by atomic mass is 9.96. The molecule has 16 heteroatoms. The van der Waals surface area contributed by atoms with Crippen molar-refractivity contribution in [2.45, 2.75) is 75.5 Å². The number of benzene rings is 1. The van der Waals surface area contributed by atoms with Gasteiger partial charge in [-0.3, -0.25) is 9.78 Å². The monoisotopic (exact) mass is 693 g/mol. The molecule has 1 unspecified atom stereocenters. The summed E-state index contributed by atoms with van der Waals surface area (Å²) in [6, 6.07) is 1.89. The van der Waals surface area contributed by atoms with E-state index < -0.39 is 46.1 Å². The fourth-order valence-electron chi connectivity index (χ4n) is 6.27. The van der Waals surface area contributed by atoms with E-state index in [0.29, 0.717) is 25.4 Å². The van der Waals surface area contributed by atoms with Crippen LogP contribution in [0.5, 0.6) is 0 Å². The first kappa shape index (κ1) is 33.9. The zero-order chi connectivity index (χ0) is 33.2. The average molecular weight is 695 g/mol. The maximum absolute atomic E-state index is 13.4. The van der Waals surface area contributed by atoms with E-state index in [0.717, 1.165) is 40.5 Å². The van der Waals surface area contributed by atoms with Crippen LogP contribution >= 0.6 is 23.2 Å². The van der Waals surface area contributed by atoms with Crippen LogP contribution < -0.4 is 10.6 Å². The third-order valence-corrected chi connectivity index (χ3v) is 11.1. The van der Waals surface area contributed by atoms with Gasteiger partial charge < -0.3 is 25.2 Å². The molecule has 248 valence electrons. The number of hydrogen-bond donors (Lipinski definition) is 3.